The highest BCUT2D eigenvalue weighted by atomic mass is 79.9. The number of nitrogens with one attached hydrogen (secondary N) is 1. The summed E-state index contributed by atoms with van der Waals surface area (Å²) >= 11 is 7.32. The number of benzene rings is 1. The third kappa shape index (κ3) is 3.18. The Morgan fingerprint density at radius 3 is 2.53 bits per heavy atom. The summed E-state index contributed by atoms with van der Waals surface area (Å²) < 4.78 is 41.0. The van der Waals surface area contributed by atoms with E-state index < -0.39 is 15.8 Å². The number of halogens is 3. The topological polar surface area (TPSA) is 46.2 Å². The van der Waals surface area contributed by atoms with Crippen molar-refractivity contribution in [3.05, 3.63) is 43.9 Å². The Bertz CT molecular complexity index is 728. The summed E-state index contributed by atoms with van der Waals surface area (Å²) in [4.78, 5) is 0. The van der Waals surface area contributed by atoms with Gasteiger partial charge in [0.25, 0.3) is 10.0 Å². The molecule has 0 amide bonds. The van der Waals surface area contributed by atoms with Gasteiger partial charge in [0.1, 0.15) is 5.82 Å². The third-order valence-corrected chi connectivity index (χ3v) is 6.98. The molecule has 0 spiro atoms. The Labute approximate surface area is 131 Å². The van der Waals surface area contributed by atoms with Crippen molar-refractivity contribution in [3.63, 3.8) is 0 Å². The van der Waals surface area contributed by atoms with Gasteiger partial charge in [0, 0.05) is 4.47 Å². The predicted octanol–water partition coefficient (Wildman–Crippen LogP) is 4.52. The minimum absolute atomic E-state index is 0.187. The second-order valence-corrected chi connectivity index (χ2v) is 8.25. The fourth-order valence-corrected chi connectivity index (χ4v) is 5.22. The summed E-state index contributed by atoms with van der Waals surface area (Å²) in [5, 5.41) is 1.67. The van der Waals surface area contributed by atoms with E-state index in [0.29, 0.717) is 15.7 Å². The van der Waals surface area contributed by atoms with Crippen molar-refractivity contribution in [2.45, 2.75) is 11.1 Å². The van der Waals surface area contributed by atoms with Crippen LogP contribution in [0.3, 0.4) is 0 Å². The lowest BCUT2D eigenvalue weighted by atomic mass is 10.2. The molecule has 2 aromatic rings. The first kappa shape index (κ1) is 15.0. The van der Waals surface area contributed by atoms with Gasteiger partial charge in [-0.25, -0.2) is 12.8 Å². The van der Waals surface area contributed by atoms with Gasteiger partial charge in [-0.15, -0.1) is 11.3 Å². The second-order valence-electron chi connectivity index (χ2n) is 3.74. The first-order valence-corrected chi connectivity index (χ1v) is 8.97. The Balaban J connectivity index is 2.42. The van der Waals surface area contributed by atoms with E-state index in [9.17, 15) is 12.8 Å². The molecular formula is C11H8Br2FNO2S2. The SMILES string of the molecule is Cc1cc(F)c(Br)cc1NS(=O)(=O)c1sccc1Br. The monoisotopic (exact) mass is 427 g/mol. The van der Waals surface area contributed by atoms with Crippen molar-refractivity contribution < 1.29 is 12.8 Å². The molecule has 0 saturated carbocycles. The number of aryl methyl sites for hydroxylation is 1. The van der Waals surface area contributed by atoms with E-state index in [1.165, 1.54) is 12.1 Å². The van der Waals surface area contributed by atoms with Crippen LogP contribution in [0.5, 0.6) is 0 Å². The van der Waals surface area contributed by atoms with Crippen LogP contribution in [-0.4, -0.2) is 8.42 Å². The molecule has 1 N–H and O–H groups in total. The molecule has 19 heavy (non-hydrogen) atoms. The molecule has 2 rings (SSSR count). The van der Waals surface area contributed by atoms with Crippen LogP contribution in [0.25, 0.3) is 0 Å². The molecule has 1 aromatic carbocycles. The van der Waals surface area contributed by atoms with Crippen molar-refractivity contribution in [3.8, 4) is 0 Å². The van der Waals surface area contributed by atoms with E-state index in [1.54, 1.807) is 18.4 Å². The first-order chi connectivity index (χ1) is 8.81. The van der Waals surface area contributed by atoms with E-state index in [4.69, 9.17) is 0 Å². The molecule has 1 aromatic heterocycles. The normalized spacial score (nSPS) is 11.6. The highest BCUT2D eigenvalue weighted by Crippen LogP contribution is 2.31. The smallest absolute Gasteiger partial charge is 0.272 e. The molecule has 0 bridgehead atoms. The van der Waals surface area contributed by atoms with Gasteiger partial charge in [0.15, 0.2) is 4.21 Å². The highest BCUT2D eigenvalue weighted by molar-refractivity contribution is 9.10. The van der Waals surface area contributed by atoms with Gasteiger partial charge in [0.05, 0.1) is 10.2 Å². The van der Waals surface area contributed by atoms with Crippen molar-refractivity contribution >= 4 is 58.9 Å². The Hall–Kier alpha value is -0.440. The largest absolute Gasteiger partial charge is 0.279 e. The molecule has 0 saturated heterocycles. The first-order valence-electron chi connectivity index (χ1n) is 5.03. The number of thiophene rings is 1. The fraction of sp³-hybridized carbons (Fsp3) is 0.0909. The predicted molar refractivity (Wildman–Crippen MR) is 81.7 cm³/mol. The van der Waals surface area contributed by atoms with Crippen LogP contribution in [0.1, 0.15) is 5.56 Å². The lowest BCUT2D eigenvalue weighted by Gasteiger charge is -2.10. The van der Waals surface area contributed by atoms with Crippen LogP contribution in [0, 0.1) is 12.7 Å². The quantitative estimate of drug-likeness (QED) is 0.780. The standard InChI is InChI=1S/C11H8Br2FNO2S2/c1-6-4-9(14)8(13)5-10(6)15-19(16,17)11-7(12)2-3-18-11/h2-5,15H,1H3. The molecule has 102 valence electrons. The molecule has 0 radical (unpaired) electrons. The summed E-state index contributed by atoms with van der Waals surface area (Å²) in [5.41, 5.74) is 0.852. The average molecular weight is 429 g/mol. The Morgan fingerprint density at radius 1 is 1.26 bits per heavy atom. The van der Waals surface area contributed by atoms with E-state index in [1.807, 2.05) is 0 Å². The van der Waals surface area contributed by atoms with Gasteiger partial charge in [-0.05, 0) is 67.9 Å². The Morgan fingerprint density at radius 2 is 1.95 bits per heavy atom. The van der Waals surface area contributed by atoms with Crippen molar-refractivity contribution in [1.29, 1.82) is 0 Å². The van der Waals surface area contributed by atoms with E-state index >= 15 is 0 Å². The minimum atomic E-state index is -3.67. The average Bonchev–Trinajstić information content (AvgIpc) is 2.73. The summed E-state index contributed by atoms with van der Waals surface area (Å²) in [6.45, 7) is 1.64. The van der Waals surface area contributed by atoms with E-state index in [0.717, 1.165) is 11.3 Å². The van der Waals surface area contributed by atoms with Gasteiger partial charge < -0.3 is 0 Å². The summed E-state index contributed by atoms with van der Waals surface area (Å²) in [6, 6.07) is 4.34. The fourth-order valence-electron chi connectivity index (χ4n) is 1.42. The van der Waals surface area contributed by atoms with Crippen molar-refractivity contribution in [1.82, 2.24) is 0 Å². The molecule has 0 atom stereocenters. The van der Waals surface area contributed by atoms with Crippen molar-refractivity contribution in [2.75, 3.05) is 4.72 Å². The number of hydrogen-bond donors (Lipinski definition) is 1. The molecule has 3 nitrogen and oxygen atoms in total. The van der Waals surface area contributed by atoms with Crippen LogP contribution in [0.4, 0.5) is 10.1 Å². The lowest BCUT2D eigenvalue weighted by Crippen LogP contribution is -2.13. The van der Waals surface area contributed by atoms with Crippen LogP contribution < -0.4 is 4.72 Å². The van der Waals surface area contributed by atoms with Crippen LogP contribution >= 0.6 is 43.2 Å². The van der Waals surface area contributed by atoms with E-state index in [2.05, 4.69) is 36.6 Å². The second kappa shape index (κ2) is 5.51. The summed E-state index contributed by atoms with van der Waals surface area (Å²) in [6.07, 6.45) is 0. The zero-order chi connectivity index (χ0) is 14.2. The maximum absolute atomic E-state index is 13.3. The van der Waals surface area contributed by atoms with Crippen LogP contribution in [0.2, 0.25) is 0 Å². The van der Waals surface area contributed by atoms with Crippen LogP contribution in [-0.2, 0) is 10.0 Å². The maximum atomic E-state index is 13.3. The van der Waals surface area contributed by atoms with Gasteiger partial charge in [-0.3, -0.25) is 4.72 Å². The van der Waals surface area contributed by atoms with Gasteiger partial charge in [-0.2, -0.15) is 0 Å². The summed E-state index contributed by atoms with van der Waals surface area (Å²) in [5.74, 6) is -0.433. The van der Waals surface area contributed by atoms with E-state index in [-0.39, 0.29) is 8.68 Å². The zero-order valence-electron chi connectivity index (χ0n) is 9.58. The Kier molecular flexibility index (Phi) is 4.34. The molecule has 0 aliphatic carbocycles. The zero-order valence-corrected chi connectivity index (χ0v) is 14.4. The highest BCUT2D eigenvalue weighted by Gasteiger charge is 2.20. The summed E-state index contributed by atoms with van der Waals surface area (Å²) in [7, 11) is -3.67. The number of hydrogen-bond acceptors (Lipinski definition) is 3. The van der Waals surface area contributed by atoms with Crippen molar-refractivity contribution in [2.24, 2.45) is 0 Å². The minimum Gasteiger partial charge on any atom is -0.279 e. The van der Waals surface area contributed by atoms with Gasteiger partial charge >= 0.3 is 0 Å². The van der Waals surface area contributed by atoms with Gasteiger partial charge in [-0.1, -0.05) is 0 Å². The number of sulfonamides is 1. The molecule has 0 aliphatic heterocycles. The van der Waals surface area contributed by atoms with Crippen LogP contribution in [0.15, 0.2) is 36.7 Å². The molecule has 1 heterocycles. The van der Waals surface area contributed by atoms with Gasteiger partial charge in [0.2, 0.25) is 0 Å². The maximum Gasteiger partial charge on any atom is 0.272 e. The molecule has 0 aliphatic rings. The third-order valence-electron chi connectivity index (χ3n) is 2.34. The lowest BCUT2D eigenvalue weighted by molar-refractivity contribution is 0.602. The number of rotatable bonds is 3. The molecule has 8 heteroatoms. The number of anilines is 1. The molecule has 0 fully saturated rings. The molecular weight excluding hydrogens is 421 g/mol. The molecule has 0 unspecified atom stereocenters.